The number of ether oxygens (including phenoxy) is 2. The Balaban J connectivity index is 2.15. The van der Waals surface area contributed by atoms with E-state index >= 15 is 0 Å². The highest BCUT2D eigenvalue weighted by Gasteiger charge is 2.25. The molecule has 1 unspecified atom stereocenters. The zero-order valence-corrected chi connectivity index (χ0v) is 12.3. The molecule has 0 amide bonds. The first-order chi connectivity index (χ1) is 10.1. The SMILES string of the molecule is CCNc1nc(C)c([N+](=O)[O-])c(OCC2CCCCO2)n1. The van der Waals surface area contributed by atoms with E-state index in [0.29, 0.717) is 19.1 Å². The van der Waals surface area contributed by atoms with Crippen LogP contribution in [0.4, 0.5) is 11.6 Å². The number of hydrogen-bond donors (Lipinski definition) is 1. The van der Waals surface area contributed by atoms with Gasteiger partial charge < -0.3 is 14.8 Å². The van der Waals surface area contributed by atoms with E-state index in [1.165, 1.54) is 0 Å². The molecule has 116 valence electrons. The summed E-state index contributed by atoms with van der Waals surface area (Å²) in [6.07, 6.45) is 3.00. The van der Waals surface area contributed by atoms with Gasteiger partial charge in [0, 0.05) is 13.2 Å². The molecule has 1 aliphatic rings. The van der Waals surface area contributed by atoms with E-state index in [0.717, 1.165) is 19.3 Å². The van der Waals surface area contributed by atoms with Crippen molar-refractivity contribution in [3.05, 3.63) is 15.8 Å². The maximum absolute atomic E-state index is 11.2. The van der Waals surface area contributed by atoms with E-state index in [2.05, 4.69) is 15.3 Å². The van der Waals surface area contributed by atoms with Crippen LogP contribution in [0.5, 0.6) is 5.88 Å². The molecule has 2 heterocycles. The van der Waals surface area contributed by atoms with Gasteiger partial charge >= 0.3 is 5.69 Å². The Morgan fingerprint density at radius 3 is 2.90 bits per heavy atom. The Hall–Kier alpha value is -1.96. The molecule has 0 spiro atoms. The van der Waals surface area contributed by atoms with E-state index in [4.69, 9.17) is 9.47 Å². The van der Waals surface area contributed by atoms with Gasteiger partial charge in [0.25, 0.3) is 5.88 Å². The normalized spacial score (nSPS) is 18.3. The van der Waals surface area contributed by atoms with Crippen LogP contribution >= 0.6 is 0 Å². The summed E-state index contributed by atoms with van der Waals surface area (Å²) in [5, 5.41) is 14.1. The largest absolute Gasteiger partial charge is 0.470 e. The van der Waals surface area contributed by atoms with Crippen molar-refractivity contribution < 1.29 is 14.4 Å². The molecule has 0 saturated carbocycles. The van der Waals surface area contributed by atoms with E-state index in [1.54, 1.807) is 6.92 Å². The van der Waals surface area contributed by atoms with Crippen LogP contribution in [-0.2, 0) is 4.74 Å². The summed E-state index contributed by atoms with van der Waals surface area (Å²) >= 11 is 0. The fourth-order valence-corrected chi connectivity index (χ4v) is 2.20. The molecule has 1 aromatic heterocycles. The third-order valence-corrected chi connectivity index (χ3v) is 3.22. The molecule has 1 fully saturated rings. The lowest BCUT2D eigenvalue weighted by molar-refractivity contribution is -0.387. The van der Waals surface area contributed by atoms with Crippen molar-refractivity contribution in [2.75, 3.05) is 25.1 Å². The summed E-state index contributed by atoms with van der Waals surface area (Å²) in [6.45, 7) is 5.08. The van der Waals surface area contributed by atoms with Gasteiger partial charge in [-0.05, 0) is 33.1 Å². The molecule has 21 heavy (non-hydrogen) atoms. The minimum atomic E-state index is -0.512. The van der Waals surface area contributed by atoms with Crippen LogP contribution in [0.1, 0.15) is 31.9 Å². The standard InChI is InChI=1S/C13H20N4O4/c1-3-14-13-15-9(2)11(17(18)19)12(16-13)21-8-10-6-4-5-7-20-10/h10H,3-8H2,1-2H3,(H,14,15,16). The Morgan fingerprint density at radius 2 is 2.29 bits per heavy atom. The molecule has 1 N–H and O–H groups in total. The van der Waals surface area contributed by atoms with E-state index in [9.17, 15) is 10.1 Å². The first-order valence-corrected chi connectivity index (χ1v) is 7.13. The van der Waals surface area contributed by atoms with Gasteiger partial charge in [-0.2, -0.15) is 4.98 Å². The molecule has 0 aromatic carbocycles. The maximum atomic E-state index is 11.2. The van der Waals surface area contributed by atoms with Crippen LogP contribution in [0.25, 0.3) is 0 Å². The summed E-state index contributed by atoms with van der Waals surface area (Å²) in [5.74, 6) is 0.331. The van der Waals surface area contributed by atoms with Gasteiger partial charge in [-0.1, -0.05) is 0 Å². The van der Waals surface area contributed by atoms with E-state index in [1.807, 2.05) is 6.92 Å². The Kier molecular flexibility index (Phi) is 5.26. The molecule has 8 nitrogen and oxygen atoms in total. The second-order valence-corrected chi connectivity index (χ2v) is 4.87. The fourth-order valence-electron chi connectivity index (χ4n) is 2.20. The second kappa shape index (κ2) is 7.16. The summed E-state index contributed by atoms with van der Waals surface area (Å²) in [6, 6.07) is 0. The summed E-state index contributed by atoms with van der Waals surface area (Å²) in [7, 11) is 0. The predicted molar refractivity (Wildman–Crippen MR) is 76.7 cm³/mol. The number of hydrogen-bond acceptors (Lipinski definition) is 7. The van der Waals surface area contributed by atoms with Gasteiger partial charge in [0.15, 0.2) is 0 Å². The lowest BCUT2D eigenvalue weighted by atomic mass is 10.1. The molecule has 1 aromatic rings. The average molecular weight is 296 g/mol. The van der Waals surface area contributed by atoms with Crippen LogP contribution in [0.2, 0.25) is 0 Å². The quantitative estimate of drug-likeness (QED) is 0.633. The van der Waals surface area contributed by atoms with Crippen molar-refractivity contribution in [3.8, 4) is 5.88 Å². The van der Waals surface area contributed by atoms with Crippen LogP contribution in [-0.4, -0.2) is 40.8 Å². The Morgan fingerprint density at radius 1 is 1.48 bits per heavy atom. The van der Waals surface area contributed by atoms with Crippen molar-refractivity contribution in [1.29, 1.82) is 0 Å². The maximum Gasteiger partial charge on any atom is 0.352 e. The zero-order chi connectivity index (χ0) is 15.2. The molecule has 2 rings (SSSR count). The topological polar surface area (TPSA) is 99.4 Å². The average Bonchev–Trinajstić information content (AvgIpc) is 2.45. The first kappa shape index (κ1) is 15.4. The number of nitrogens with one attached hydrogen (secondary N) is 1. The second-order valence-electron chi connectivity index (χ2n) is 4.87. The monoisotopic (exact) mass is 296 g/mol. The number of aryl methyl sites for hydroxylation is 1. The number of nitrogens with zero attached hydrogens (tertiary/aromatic N) is 3. The molecule has 1 atom stereocenters. The minimum absolute atomic E-state index is 0.00220. The van der Waals surface area contributed by atoms with Crippen LogP contribution in [0, 0.1) is 17.0 Å². The van der Waals surface area contributed by atoms with E-state index < -0.39 is 4.92 Å². The number of aromatic nitrogens is 2. The first-order valence-electron chi connectivity index (χ1n) is 7.13. The highest BCUT2D eigenvalue weighted by Crippen LogP contribution is 2.29. The Labute approximate surface area is 123 Å². The number of anilines is 1. The number of rotatable bonds is 6. The lowest BCUT2D eigenvalue weighted by Gasteiger charge is -2.22. The molecule has 1 aliphatic heterocycles. The van der Waals surface area contributed by atoms with Crippen molar-refractivity contribution in [3.63, 3.8) is 0 Å². The minimum Gasteiger partial charge on any atom is -0.470 e. The predicted octanol–water partition coefficient (Wildman–Crippen LogP) is 2.07. The van der Waals surface area contributed by atoms with Gasteiger partial charge in [-0.25, -0.2) is 4.98 Å². The highest BCUT2D eigenvalue weighted by molar-refractivity contribution is 5.48. The molecule has 0 radical (unpaired) electrons. The zero-order valence-electron chi connectivity index (χ0n) is 12.3. The smallest absolute Gasteiger partial charge is 0.352 e. The third-order valence-electron chi connectivity index (χ3n) is 3.22. The molecule has 8 heteroatoms. The van der Waals surface area contributed by atoms with Crippen LogP contribution in [0.15, 0.2) is 0 Å². The molecule has 0 aliphatic carbocycles. The summed E-state index contributed by atoms with van der Waals surface area (Å²) in [4.78, 5) is 18.8. The Bertz CT molecular complexity index is 503. The van der Waals surface area contributed by atoms with Crippen molar-refractivity contribution in [2.45, 2.75) is 39.2 Å². The van der Waals surface area contributed by atoms with Crippen molar-refractivity contribution in [2.24, 2.45) is 0 Å². The fraction of sp³-hybridized carbons (Fsp3) is 0.692. The van der Waals surface area contributed by atoms with Gasteiger partial charge in [-0.3, -0.25) is 10.1 Å². The number of nitro groups is 1. The van der Waals surface area contributed by atoms with Gasteiger partial charge in [0.05, 0.1) is 11.0 Å². The van der Waals surface area contributed by atoms with Crippen LogP contribution < -0.4 is 10.1 Å². The highest BCUT2D eigenvalue weighted by atomic mass is 16.6. The third kappa shape index (κ3) is 4.01. The van der Waals surface area contributed by atoms with Crippen molar-refractivity contribution in [1.82, 2.24) is 9.97 Å². The lowest BCUT2D eigenvalue weighted by Crippen LogP contribution is -2.26. The van der Waals surface area contributed by atoms with Crippen molar-refractivity contribution >= 4 is 11.6 Å². The van der Waals surface area contributed by atoms with Gasteiger partial charge in [0.1, 0.15) is 12.3 Å². The molecular weight excluding hydrogens is 276 g/mol. The summed E-state index contributed by atoms with van der Waals surface area (Å²) in [5.41, 5.74) is 0.0953. The van der Waals surface area contributed by atoms with E-state index in [-0.39, 0.29) is 30.0 Å². The van der Waals surface area contributed by atoms with Crippen LogP contribution in [0.3, 0.4) is 0 Å². The summed E-state index contributed by atoms with van der Waals surface area (Å²) < 4.78 is 11.1. The molecule has 1 saturated heterocycles. The molecule has 0 bridgehead atoms. The van der Waals surface area contributed by atoms with Gasteiger partial charge in [-0.15, -0.1) is 0 Å². The van der Waals surface area contributed by atoms with Gasteiger partial charge in [0.2, 0.25) is 5.95 Å². The molecular formula is C13H20N4O4.